The van der Waals surface area contributed by atoms with Crippen LogP contribution in [0, 0.1) is 5.92 Å². The van der Waals surface area contributed by atoms with Crippen LogP contribution in [0.3, 0.4) is 0 Å². The fourth-order valence-electron chi connectivity index (χ4n) is 4.64. The van der Waals surface area contributed by atoms with Gasteiger partial charge >= 0.3 is 5.97 Å². The Balaban J connectivity index is 1.47. The third kappa shape index (κ3) is 3.35. The third-order valence-corrected chi connectivity index (χ3v) is 6.10. The Morgan fingerprint density at radius 2 is 1.80 bits per heavy atom. The number of hydrogen-bond donors (Lipinski definition) is 2. The van der Waals surface area contributed by atoms with Gasteiger partial charge in [-0.05, 0) is 47.7 Å². The molecule has 3 atom stereocenters. The van der Waals surface area contributed by atoms with Gasteiger partial charge in [-0.3, -0.25) is 0 Å². The predicted molar refractivity (Wildman–Crippen MR) is 117 cm³/mol. The first kappa shape index (κ1) is 18.5. The van der Waals surface area contributed by atoms with Crippen molar-refractivity contribution in [3.63, 3.8) is 0 Å². The zero-order valence-corrected chi connectivity index (χ0v) is 16.5. The number of benzene rings is 3. The zero-order valence-electron chi connectivity index (χ0n) is 16.5. The summed E-state index contributed by atoms with van der Waals surface area (Å²) in [6.45, 7) is 0.523. The maximum absolute atomic E-state index is 11.4. The van der Waals surface area contributed by atoms with Crippen LogP contribution in [0.25, 0.3) is 0 Å². The van der Waals surface area contributed by atoms with Crippen LogP contribution in [0.4, 0.5) is 5.69 Å². The van der Waals surface area contributed by atoms with Crippen LogP contribution < -0.4 is 10.1 Å². The molecule has 4 heteroatoms. The SMILES string of the molecule is O=C(O)c1ccc2c(c1)C1C=CCC1C(c1ccccc1OCc1ccccc1)N2. The molecule has 30 heavy (non-hydrogen) atoms. The topological polar surface area (TPSA) is 58.6 Å². The number of fused-ring (bicyclic) bond motifs is 3. The molecule has 3 aromatic rings. The number of carboxylic acid groups (broad SMARTS) is 1. The number of anilines is 1. The Bertz CT molecular complexity index is 1110. The molecule has 3 aromatic carbocycles. The minimum atomic E-state index is -0.891. The van der Waals surface area contributed by atoms with Crippen molar-refractivity contribution in [3.05, 3.63) is 107 Å². The second-order valence-corrected chi connectivity index (χ2v) is 7.89. The number of para-hydroxylation sites is 1. The van der Waals surface area contributed by atoms with E-state index in [0.29, 0.717) is 18.1 Å². The highest BCUT2D eigenvalue weighted by Crippen LogP contribution is 2.51. The number of allylic oxidation sites excluding steroid dienone is 2. The van der Waals surface area contributed by atoms with Crippen molar-refractivity contribution in [2.75, 3.05) is 5.32 Å². The average Bonchev–Trinajstić information content (AvgIpc) is 3.28. The van der Waals surface area contributed by atoms with E-state index in [9.17, 15) is 9.90 Å². The van der Waals surface area contributed by atoms with Gasteiger partial charge in [0.1, 0.15) is 12.4 Å². The standard InChI is InChI=1S/C26H23NO3/c28-26(29)18-13-14-23-22(15-18)19-10-6-11-20(19)25(27-23)21-9-4-5-12-24(21)30-16-17-7-2-1-3-8-17/h1-10,12-15,19-20,25,27H,11,16H2,(H,28,29). The van der Waals surface area contributed by atoms with E-state index < -0.39 is 5.97 Å². The zero-order chi connectivity index (χ0) is 20.5. The number of nitrogens with one attached hydrogen (secondary N) is 1. The highest BCUT2D eigenvalue weighted by Gasteiger charge is 2.39. The normalized spacial score (nSPS) is 21.4. The van der Waals surface area contributed by atoms with Gasteiger partial charge in [0, 0.05) is 17.2 Å². The van der Waals surface area contributed by atoms with E-state index in [-0.39, 0.29) is 12.0 Å². The van der Waals surface area contributed by atoms with Gasteiger partial charge in [0.25, 0.3) is 0 Å². The molecule has 0 amide bonds. The van der Waals surface area contributed by atoms with Crippen molar-refractivity contribution in [1.29, 1.82) is 0 Å². The molecule has 0 saturated heterocycles. The molecule has 1 aliphatic heterocycles. The van der Waals surface area contributed by atoms with Gasteiger partial charge in [0.15, 0.2) is 0 Å². The lowest BCUT2D eigenvalue weighted by molar-refractivity contribution is 0.0696. The molecule has 0 spiro atoms. The molecule has 4 nitrogen and oxygen atoms in total. The molecule has 5 rings (SSSR count). The first-order chi connectivity index (χ1) is 14.7. The second kappa shape index (κ2) is 7.71. The Morgan fingerprint density at radius 3 is 2.63 bits per heavy atom. The van der Waals surface area contributed by atoms with Crippen LogP contribution in [0.1, 0.15) is 45.4 Å². The third-order valence-electron chi connectivity index (χ3n) is 6.10. The van der Waals surface area contributed by atoms with Gasteiger partial charge in [-0.1, -0.05) is 60.7 Å². The fraction of sp³-hybridized carbons (Fsp3) is 0.192. The smallest absolute Gasteiger partial charge is 0.335 e. The molecule has 150 valence electrons. The van der Waals surface area contributed by atoms with Crippen molar-refractivity contribution in [3.8, 4) is 5.75 Å². The molecule has 0 saturated carbocycles. The van der Waals surface area contributed by atoms with Crippen LogP contribution in [0.2, 0.25) is 0 Å². The lowest BCUT2D eigenvalue weighted by Crippen LogP contribution is -2.29. The molecule has 0 bridgehead atoms. The number of carbonyl (C=O) groups is 1. The van der Waals surface area contributed by atoms with Crippen LogP contribution >= 0.6 is 0 Å². The number of aromatic carboxylic acids is 1. The fourth-order valence-corrected chi connectivity index (χ4v) is 4.64. The van der Waals surface area contributed by atoms with Gasteiger partial charge in [-0.25, -0.2) is 4.79 Å². The van der Waals surface area contributed by atoms with Crippen LogP contribution in [-0.2, 0) is 6.61 Å². The van der Waals surface area contributed by atoms with Crippen LogP contribution in [-0.4, -0.2) is 11.1 Å². The van der Waals surface area contributed by atoms with E-state index in [1.807, 2.05) is 48.5 Å². The first-order valence-corrected chi connectivity index (χ1v) is 10.3. The molecule has 0 radical (unpaired) electrons. The highest BCUT2D eigenvalue weighted by atomic mass is 16.5. The lowest BCUT2D eigenvalue weighted by Gasteiger charge is -2.38. The van der Waals surface area contributed by atoms with Crippen LogP contribution in [0.15, 0.2) is 84.9 Å². The molecule has 3 unspecified atom stereocenters. The second-order valence-electron chi connectivity index (χ2n) is 7.89. The molecule has 2 N–H and O–H groups in total. The largest absolute Gasteiger partial charge is 0.489 e. The van der Waals surface area contributed by atoms with Crippen LogP contribution in [0.5, 0.6) is 5.75 Å². The summed E-state index contributed by atoms with van der Waals surface area (Å²) in [5.74, 6) is 0.518. The van der Waals surface area contributed by atoms with E-state index in [4.69, 9.17) is 4.74 Å². The summed E-state index contributed by atoms with van der Waals surface area (Å²) >= 11 is 0. The van der Waals surface area contributed by atoms with Gasteiger partial charge in [0.05, 0.1) is 11.6 Å². The monoisotopic (exact) mass is 397 g/mol. The van der Waals surface area contributed by atoms with Crippen molar-refractivity contribution in [1.82, 2.24) is 0 Å². The average molecular weight is 397 g/mol. The molecule has 0 aromatic heterocycles. The molecule has 1 aliphatic carbocycles. The summed E-state index contributed by atoms with van der Waals surface area (Å²) in [4.78, 5) is 11.4. The Kier molecular flexibility index (Phi) is 4.75. The van der Waals surface area contributed by atoms with Crippen molar-refractivity contribution in [2.45, 2.75) is 25.0 Å². The molecule has 2 aliphatic rings. The van der Waals surface area contributed by atoms with Gasteiger partial charge in [-0.15, -0.1) is 0 Å². The van der Waals surface area contributed by atoms with E-state index in [1.54, 1.807) is 6.07 Å². The van der Waals surface area contributed by atoms with Crippen molar-refractivity contribution in [2.24, 2.45) is 5.92 Å². The summed E-state index contributed by atoms with van der Waals surface area (Å²) in [5.41, 5.74) is 4.67. The van der Waals surface area contributed by atoms with E-state index >= 15 is 0 Å². The number of hydrogen-bond acceptors (Lipinski definition) is 3. The van der Waals surface area contributed by atoms with Crippen molar-refractivity contribution < 1.29 is 14.6 Å². The molecular weight excluding hydrogens is 374 g/mol. The summed E-state index contributed by atoms with van der Waals surface area (Å²) in [6, 6.07) is 23.8. The predicted octanol–water partition coefficient (Wildman–Crippen LogP) is 5.79. The lowest BCUT2D eigenvalue weighted by atomic mass is 9.76. The van der Waals surface area contributed by atoms with Crippen molar-refractivity contribution >= 4 is 11.7 Å². The van der Waals surface area contributed by atoms with Gasteiger partial charge in [-0.2, -0.15) is 0 Å². The van der Waals surface area contributed by atoms with E-state index in [2.05, 4.69) is 35.7 Å². The summed E-state index contributed by atoms with van der Waals surface area (Å²) < 4.78 is 6.23. The van der Waals surface area contributed by atoms with Gasteiger partial charge < -0.3 is 15.2 Å². The minimum Gasteiger partial charge on any atom is -0.489 e. The number of carboxylic acids is 1. The molecule has 0 fully saturated rings. The maximum Gasteiger partial charge on any atom is 0.335 e. The highest BCUT2D eigenvalue weighted by molar-refractivity contribution is 5.89. The van der Waals surface area contributed by atoms with Gasteiger partial charge in [0.2, 0.25) is 0 Å². The Morgan fingerprint density at radius 1 is 1.00 bits per heavy atom. The molecular formula is C26H23NO3. The Hall–Kier alpha value is -3.53. The number of rotatable bonds is 5. The first-order valence-electron chi connectivity index (χ1n) is 10.3. The van der Waals surface area contributed by atoms with E-state index in [1.165, 1.54) is 0 Å². The maximum atomic E-state index is 11.4. The summed E-state index contributed by atoms with van der Waals surface area (Å²) in [5, 5.41) is 13.1. The van der Waals surface area contributed by atoms with E-state index in [0.717, 1.165) is 34.5 Å². The summed E-state index contributed by atoms with van der Waals surface area (Å²) in [7, 11) is 0. The quantitative estimate of drug-likeness (QED) is 0.535. The Labute approximate surface area is 175 Å². The number of ether oxygens (including phenoxy) is 1. The molecule has 1 heterocycles. The summed E-state index contributed by atoms with van der Waals surface area (Å²) in [6.07, 6.45) is 5.38. The minimum absolute atomic E-state index is 0.0974.